The molecular formula is C30H39N3O2. The van der Waals surface area contributed by atoms with Crippen molar-refractivity contribution < 1.29 is 9.59 Å². The number of fused-ring (bicyclic) bond motifs is 2. The molecular weight excluding hydrogens is 434 g/mol. The van der Waals surface area contributed by atoms with E-state index in [1.165, 1.54) is 23.2 Å². The number of hydrogen-bond acceptors (Lipinski definition) is 3. The summed E-state index contributed by atoms with van der Waals surface area (Å²) in [4.78, 5) is 28.8. The van der Waals surface area contributed by atoms with Gasteiger partial charge in [0, 0.05) is 36.7 Å². The molecule has 0 bridgehead atoms. The Morgan fingerprint density at radius 2 is 1.69 bits per heavy atom. The Kier molecular flexibility index (Phi) is 7.40. The molecule has 2 aromatic rings. The first-order chi connectivity index (χ1) is 17.1. The summed E-state index contributed by atoms with van der Waals surface area (Å²) in [6, 6.07) is 18.6. The number of rotatable bonds is 7. The van der Waals surface area contributed by atoms with Gasteiger partial charge in [-0.05, 0) is 62.1 Å². The minimum atomic E-state index is -0.420. The van der Waals surface area contributed by atoms with Gasteiger partial charge in [-0.3, -0.25) is 9.59 Å². The van der Waals surface area contributed by atoms with E-state index >= 15 is 0 Å². The zero-order valence-electron chi connectivity index (χ0n) is 20.8. The van der Waals surface area contributed by atoms with Crippen LogP contribution in [0.4, 0.5) is 5.69 Å². The molecule has 2 fully saturated rings. The van der Waals surface area contributed by atoms with Gasteiger partial charge in [0.15, 0.2) is 0 Å². The van der Waals surface area contributed by atoms with Crippen LogP contribution < -0.4 is 10.6 Å². The second kappa shape index (κ2) is 10.8. The van der Waals surface area contributed by atoms with Gasteiger partial charge in [0.1, 0.15) is 6.04 Å². The van der Waals surface area contributed by atoms with E-state index in [0.29, 0.717) is 6.42 Å². The van der Waals surface area contributed by atoms with Crippen molar-refractivity contribution in [2.75, 3.05) is 25.0 Å². The van der Waals surface area contributed by atoms with Crippen LogP contribution in [0.3, 0.4) is 0 Å². The molecule has 2 heterocycles. The molecule has 2 amide bonds. The summed E-state index contributed by atoms with van der Waals surface area (Å²) in [7, 11) is 0. The molecule has 1 atom stereocenters. The number of carbonyl (C=O) groups is 2. The number of aryl methyl sites for hydroxylation is 1. The van der Waals surface area contributed by atoms with Gasteiger partial charge < -0.3 is 15.5 Å². The Bertz CT molecular complexity index is 1010. The smallest absolute Gasteiger partial charge is 0.245 e. The minimum Gasteiger partial charge on any atom is -0.384 e. The molecule has 35 heavy (non-hydrogen) atoms. The van der Waals surface area contributed by atoms with Crippen molar-refractivity contribution in [3.63, 3.8) is 0 Å². The summed E-state index contributed by atoms with van der Waals surface area (Å²) in [5, 5.41) is 6.78. The molecule has 1 saturated heterocycles. The van der Waals surface area contributed by atoms with Crippen molar-refractivity contribution in [1.82, 2.24) is 10.2 Å². The lowest BCUT2D eigenvalue weighted by Crippen LogP contribution is -2.54. The maximum absolute atomic E-state index is 13.7. The van der Waals surface area contributed by atoms with E-state index in [4.69, 9.17) is 0 Å². The number of anilines is 1. The molecule has 5 rings (SSSR count). The van der Waals surface area contributed by atoms with E-state index in [2.05, 4.69) is 59.2 Å². The number of nitrogens with one attached hydrogen (secondary N) is 2. The number of piperidine rings is 1. The number of likely N-dealkylation sites (tertiary alicyclic amines) is 1. The number of amides is 2. The third-order valence-corrected chi connectivity index (χ3v) is 8.54. The highest BCUT2D eigenvalue weighted by molar-refractivity contribution is 5.88. The largest absolute Gasteiger partial charge is 0.384 e. The molecule has 3 aliphatic rings. The molecule has 2 aromatic carbocycles. The van der Waals surface area contributed by atoms with Gasteiger partial charge in [0.25, 0.3) is 0 Å². The SMILES string of the molecule is O=C(NC(CCCc1ccccc1)C(=O)N1CCC2(CC1)CNc1ccccc12)C1CCCCC1. The number of benzene rings is 2. The molecule has 1 aliphatic carbocycles. The fraction of sp³-hybridized carbons (Fsp3) is 0.533. The van der Waals surface area contributed by atoms with Crippen molar-refractivity contribution >= 4 is 17.5 Å². The van der Waals surface area contributed by atoms with Crippen LogP contribution in [0.25, 0.3) is 0 Å². The lowest BCUT2D eigenvalue weighted by molar-refractivity contribution is -0.139. The fourth-order valence-electron chi connectivity index (χ4n) is 6.35. The van der Waals surface area contributed by atoms with E-state index in [1.54, 1.807) is 0 Å². The highest BCUT2D eigenvalue weighted by Crippen LogP contribution is 2.43. The number of para-hydroxylation sites is 1. The average molecular weight is 474 g/mol. The highest BCUT2D eigenvalue weighted by atomic mass is 16.2. The Hall–Kier alpha value is -2.82. The van der Waals surface area contributed by atoms with Gasteiger partial charge >= 0.3 is 0 Å². The van der Waals surface area contributed by atoms with Crippen molar-refractivity contribution in [1.29, 1.82) is 0 Å². The first kappa shape index (κ1) is 23.9. The molecule has 1 spiro atoms. The van der Waals surface area contributed by atoms with Crippen molar-refractivity contribution in [2.24, 2.45) is 5.92 Å². The lowest BCUT2D eigenvalue weighted by atomic mass is 9.74. The lowest BCUT2D eigenvalue weighted by Gasteiger charge is -2.40. The molecule has 0 radical (unpaired) electrons. The molecule has 1 saturated carbocycles. The van der Waals surface area contributed by atoms with Crippen LogP contribution >= 0.6 is 0 Å². The summed E-state index contributed by atoms with van der Waals surface area (Å²) in [6.45, 7) is 2.46. The van der Waals surface area contributed by atoms with Crippen LogP contribution in [0.2, 0.25) is 0 Å². The fourth-order valence-corrected chi connectivity index (χ4v) is 6.35. The van der Waals surface area contributed by atoms with Gasteiger partial charge in [-0.1, -0.05) is 67.8 Å². The van der Waals surface area contributed by atoms with E-state index in [1.807, 2.05) is 11.0 Å². The predicted octanol–water partition coefficient (Wildman–Crippen LogP) is 5.06. The quantitative estimate of drug-likeness (QED) is 0.591. The Labute approximate surface area is 209 Å². The van der Waals surface area contributed by atoms with E-state index in [-0.39, 0.29) is 23.1 Å². The maximum atomic E-state index is 13.7. The second-order valence-electron chi connectivity index (χ2n) is 10.8. The van der Waals surface area contributed by atoms with Gasteiger partial charge in [0.05, 0.1) is 0 Å². The molecule has 0 aromatic heterocycles. The van der Waals surface area contributed by atoms with Gasteiger partial charge in [-0.2, -0.15) is 0 Å². The minimum absolute atomic E-state index is 0.0684. The standard InChI is InChI=1S/C30H39N3O2/c34-28(24-13-5-2-6-14-24)32-27(17-9-12-23-10-3-1-4-11-23)29(35)33-20-18-30(19-21-33)22-31-26-16-8-7-15-25(26)30/h1,3-4,7-8,10-11,15-16,24,27,31H,2,5-6,9,12-14,17-22H2,(H,32,34). The Morgan fingerprint density at radius 1 is 0.971 bits per heavy atom. The van der Waals surface area contributed by atoms with Crippen LogP contribution in [-0.4, -0.2) is 42.4 Å². The molecule has 5 heteroatoms. The third-order valence-electron chi connectivity index (χ3n) is 8.54. The number of nitrogens with zero attached hydrogens (tertiary/aromatic N) is 1. The third kappa shape index (κ3) is 5.39. The molecule has 186 valence electrons. The van der Waals surface area contributed by atoms with Crippen molar-refractivity contribution in [3.05, 3.63) is 65.7 Å². The van der Waals surface area contributed by atoms with E-state index in [9.17, 15) is 9.59 Å². The molecule has 2 aliphatic heterocycles. The molecule has 5 nitrogen and oxygen atoms in total. The zero-order valence-corrected chi connectivity index (χ0v) is 20.8. The summed E-state index contributed by atoms with van der Waals surface area (Å²) in [6.07, 6.45) is 9.81. The molecule has 1 unspecified atom stereocenters. The van der Waals surface area contributed by atoms with Crippen LogP contribution in [0.1, 0.15) is 68.9 Å². The Balaban J connectivity index is 1.23. The summed E-state index contributed by atoms with van der Waals surface area (Å²) in [5.41, 5.74) is 4.05. The average Bonchev–Trinajstić information content (AvgIpc) is 3.27. The summed E-state index contributed by atoms with van der Waals surface area (Å²) >= 11 is 0. The van der Waals surface area contributed by atoms with Crippen LogP contribution in [0, 0.1) is 5.92 Å². The first-order valence-corrected chi connectivity index (χ1v) is 13.6. The monoisotopic (exact) mass is 473 g/mol. The normalized spacial score (nSPS) is 20.2. The van der Waals surface area contributed by atoms with Gasteiger partial charge in [0.2, 0.25) is 11.8 Å². The summed E-state index contributed by atoms with van der Waals surface area (Å²) < 4.78 is 0. The van der Waals surface area contributed by atoms with Gasteiger partial charge in [-0.25, -0.2) is 0 Å². The van der Waals surface area contributed by atoms with Gasteiger partial charge in [-0.15, -0.1) is 0 Å². The number of hydrogen-bond donors (Lipinski definition) is 2. The second-order valence-corrected chi connectivity index (χ2v) is 10.8. The van der Waals surface area contributed by atoms with E-state index < -0.39 is 6.04 Å². The van der Waals surface area contributed by atoms with Crippen LogP contribution in [0.15, 0.2) is 54.6 Å². The topological polar surface area (TPSA) is 61.4 Å². The van der Waals surface area contributed by atoms with Crippen molar-refractivity contribution in [2.45, 2.75) is 75.7 Å². The Morgan fingerprint density at radius 3 is 2.46 bits per heavy atom. The number of carbonyl (C=O) groups excluding carboxylic acids is 2. The maximum Gasteiger partial charge on any atom is 0.245 e. The molecule has 2 N–H and O–H groups in total. The van der Waals surface area contributed by atoms with Crippen LogP contribution in [-0.2, 0) is 21.4 Å². The van der Waals surface area contributed by atoms with E-state index in [0.717, 1.165) is 71.0 Å². The first-order valence-electron chi connectivity index (χ1n) is 13.6. The van der Waals surface area contributed by atoms with Crippen LogP contribution in [0.5, 0.6) is 0 Å². The summed E-state index contributed by atoms with van der Waals surface area (Å²) in [5.74, 6) is 0.264. The van der Waals surface area contributed by atoms with Crippen molar-refractivity contribution in [3.8, 4) is 0 Å². The highest BCUT2D eigenvalue weighted by Gasteiger charge is 2.43. The zero-order chi connectivity index (χ0) is 24.1. The predicted molar refractivity (Wildman–Crippen MR) is 140 cm³/mol.